The molecule has 4 unspecified atom stereocenters. The minimum atomic E-state index is -0.235. The van der Waals surface area contributed by atoms with Crippen LogP contribution >= 0.6 is 0 Å². The Bertz CT molecular complexity index is 297. The van der Waals surface area contributed by atoms with Crippen molar-refractivity contribution < 1.29 is 14.3 Å². The summed E-state index contributed by atoms with van der Waals surface area (Å²) in [6, 6.07) is 0. The van der Waals surface area contributed by atoms with Gasteiger partial charge in [-0.3, -0.25) is 9.59 Å². The minimum absolute atomic E-state index is 0.0357. The predicted molar refractivity (Wildman–Crippen MR) is 50.6 cm³/mol. The highest BCUT2D eigenvalue weighted by Gasteiger charge is 2.63. The molecule has 78 valence electrons. The van der Waals surface area contributed by atoms with Gasteiger partial charge >= 0.3 is 5.97 Å². The molecule has 0 radical (unpaired) electrons. The van der Waals surface area contributed by atoms with E-state index in [-0.39, 0.29) is 23.4 Å². The third kappa shape index (κ3) is 1.04. The van der Waals surface area contributed by atoms with Gasteiger partial charge in [0, 0.05) is 24.7 Å². The first-order valence-corrected chi connectivity index (χ1v) is 5.16. The molecular weight excluding hydrogens is 180 g/mol. The molecule has 0 amide bonds. The average molecular weight is 196 g/mol. The minimum Gasteiger partial charge on any atom is -0.462 e. The number of carbonyl (C=O) groups excluding carboxylic acids is 2. The highest BCUT2D eigenvalue weighted by atomic mass is 16.5. The molecule has 14 heavy (non-hydrogen) atoms. The molecule has 0 aromatic carbocycles. The van der Waals surface area contributed by atoms with Gasteiger partial charge in [0.1, 0.15) is 11.9 Å². The van der Waals surface area contributed by atoms with Gasteiger partial charge in [-0.25, -0.2) is 0 Å². The summed E-state index contributed by atoms with van der Waals surface area (Å²) in [5.74, 6) is 0.601. The fraction of sp³-hybridized carbons (Fsp3) is 0.818. The van der Waals surface area contributed by atoms with Crippen LogP contribution in [0.3, 0.4) is 0 Å². The van der Waals surface area contributed by atoms with E-state index < -0.39 is 0 Å². The van der Waals surface area contributed by atoms with Crippen LogP contribution in [0.1, 0.15) is 33.6 Å². The number of ketones is 1. The zero-order valence-corrected chi connectivity index (χ0v) is 8.87. The van der Waals surface area contributed by atoms with E-state index in [0.717, 1.165) is 6.42 Å². The van der Waals surface area contributed by atoms with Gasteiger partial charge in [0.25, 0.3) is 0 Å². The topological polar surface area (TPSA) is 43.4 Å². The van der Waals surface area contributed by atoms with Gasteiger partial charge in [-0.2, -0.15) is 0 Å². The van der Waals surface area contributed by atoms with E-state index in [1.54, 1.807) is 0 Å². The van der Waals surface area contributed by atoms with E-state index in [4.69, 9.17) is 4.74 Å². The largest absolute Gasteiger partial charge is 0.462 e. The van der Waals surface area contributed by atoms with Gasteiger partial charge in [-0.1, -0.05) is 13.8 Å². The summed E-state index contributed by atoms with van der Waals surface area (Å²) in [7, 11) is 0. The smallest absolute Gasteiger partial charge is 0.302 e. The number of carbonyl (C=O) groups is 2. The van der Waals surface area contributed by atoms with Crippen LogP contribution < -0.4 is 0 Å². The van der Waals surface area contributed by atoms with Crippen molar-refractivity contribution in [2.24, 2.45) is 17.3 Å². The molecule has 2 fully saturated rings. The Hall–Kier alpha value is -0.860. The number of fused-ring (bicyclic) bond motifs is 1. The highest BCUT2D eigenvalue weighted by Crippen LogP contribution is 2.59. The maximum Gasteiger partial charge on any atom is 0.302 e. The molecule has 0 N–H and O–H groups in total. The normalized spacial score (nSPS) is 45.6. The number of esters is 1. The number of rotatable bonds is 1. The van der Waals surface area contributed by atoms with E-state index in [2.05, 4.69) is 13.8 Å². The number of ether oxygens (including phenoxy) is 1. The van der Waals surface area contributed by atoms with Gasteiger partial charge < -0.3 is 4.74 Å². The molecule has 3 heteroatoms. The summed E-state index contributed by atoms with van der Waals surface area (Å²) in [6.07, 6.45) is 1.35. The Morgan fingerprint density at radius 3 is 2.71 bits per heavy atom. The van der Waals surface area contributed by atoms with Gasteiger partial charge in [0.05, 0.1) is 0 Å². The lowest BCUT2D eigenvalue weighted by molar-refractivity contribution is -0.180. The van der Waals surface area contributed by atoms with Crippen molar-refractivity contribution in [3.63, 3.8) is 0 Å². The third-order valence-electron chi connectivity index (χ3n) is 4.16. The summed E-state index contributed by atoms with van der Waals surface area (Å²) < 4.78 is 5.23. The summed E-state index contributed by atoms with van der Waals surface area (Å²) in [5.41, 5.74) is -0.0806. The molecule has 0 bridgehead atoms. The summed E-state index contributed by atoms with van der Waals surface area (Å²) in [6.45, 7) is 5.58. The molecule has 0 saturated heterocycles. The Balaban J connectivity index is 2.14. The molecule has 2 aliphatic carbocycles. The fourth-order valence-electron chi connectivity index (χ4n) is 2.96. The molecular formula is C11H16O3. The van der Waals surface area contributed by atoms with Crippen LogP contribution in [0, 0.1) is 17.3 Å². The van der Waals surface area contributed by atoms with Crippen molar-refractivity contribution in [2.45, 2.75) is 39.7 Å². The monoisotopic (exact) mass is 196 g/mol. The molecule has 2 saturated carbocycles. The van der Waals surface area contributed by atoms with Crippen LogP contribution in [0.5, 0.6) is 0 Å². The zero-order chi connectivity index (χ0) is 10.5. The molecule has 2 rings (SSSR count). The Morgan fingerprint density at radius 1 is 1.57 bits per heavy atom. The molecule has 3 nitrogen and oxygen atoms in total. The van der Waals surface area contributed by atoms with Gasteiger partial charge in [-0.15, -0.1) is 0 Å². The molecule has 2 aliphatic rings. The number of hydrogen-bond acceptors (Lipinski definition) is 3. The van der Waals surface area contributed by atoms with Crippen LogP contribution in [0.4, 0.5) is 0 Å². The van der Waals surface area contributed by atoms with Gasteiger partial charge in [0.2, 0.25) is 0 Å². The van der Waals surface area contributed by atoms with Crippen LogP contribution in [0.2, 0.25) is 0 Å². The molecule has 0 aromatic heterocycles. The van der Waals surface area contributed by atoms with Gasteiger partial charge in [-0.05, 0) is 12.3 Å². The lowest BCUT2D eigenvalue weighted by Gasteiger charge is -2.50. The van der Waals surface area contributed by atoms with E-state index in [1.165, 1.54) is 6.92 Å². The van der Waals surface area contributed by atoms with Crippen LogP contribution in [0.15, 0.2) is 0 Å². The van der Waals surface area contributed by atoms with Crippen molar-refractivity contribution in [3.8, 4) is 0 Å². The summed E-state index contributed by atoms with van der Waals surface area (Å²) in [5, 5.41) is 0. The first kappa shape index (κ1) is 9.69. The molecule has 4 atom stereocenters. The fourth-order valence-corrected chi connectivity index (χ4v) is 2.96. The third-order valence-corrected chi connectivity index (χ3v) is 4.16. The number of hydrogen-bond donors (Lipinski definition) is 0. The first-order chi connectivity index (χ1) is 6.46. The van der Waals surface area contributed by atoms with Crippen LogP contribution in [-0.2, 0) is 14.3 Å². The SMILES string of the molecule is CC(=O)OC1CC2C(=O)CC(C)C12C. The van der Waals surface area contributed by atoms with Crippen LogP contribution in [-0.4, -0.2) is 17.9 Å². The van der Waals surface area contributed by atoms with Crippen molar-refractivity contribution in [1.82, 2.24) is 0 Å². The number of Topliss-reactive ketones (excluding diaryl/α,β-unsaturated/α-hetero) is 1. The van der Waals surface area contributed by atoms with E-state index >= 15 is 0 Å². The lowest BCUT2D eigenvalue weighted by atomic mass is 9.57. The van der Waals surface area contributed by atoms with Crippen molar-refractivity contribution in [2.75, 3.05) is 0 Å². The standard InChI is InChI=1S/C11H16O3/c1-6-4-9(13)8-5-10(11(6,8)3)14-7(2)12/h6,8,10H,4-5H2,1-3H3. The van der Waals surface area contributed by atoms with Crippen molar-refractivity contribution in [1.29, 1.82) is 0 Å². The van der Waals surface area contributed by atoms with Crippen molar-refractivity contribution in [3.05, 3.63) is 0 Å². The van der Waals surface area contributed by atoms with E-state index in [1.807, 2.05) is 0 Å². The zero-order valence-electron chi connectivity index (χ0n) is 8.87. The predicted octanol–water partition coefficient (Wildman–Crippen LogP) is 1.55. The second kappa shape index (κ2) is 2.81. The Labute approximate surface area is 83.8 Å². The molecule has 0 spiro atoms. The maximum absolute atomic E-state index is 11.5. The highest BCUT2D eigenvalue weighted by molar-refractivity contribution is 5.86. The molecule has 0 aromatic rings. The molecule has 0 aliphatic heterocycles. The average Bonchev–Trinajstić information content (AvgIpc) is 2.23. The summed E-state index contributed by atoms with van der Waals surface area (Å²) in [4.78, 5) is 22.4. The second-order valence-electron chi connectivity index (χ2n) is 4.82. The lowest BCUT2D eigenvalue weighted by Crippen LogP contribution is -2.54. The van der Waals surface area contributed by atoms with E-state index in [9.17, 15) is 9.59 Å². The second-order valence-corrected chi connectivity index (χ2v) is 4.82. The Kier molecular flexibility index (Phi) is 1.95. The quantitative estimate of drug-likeness (QED) is 0.598. The summed E-state index contributed by atoms with van der Waals surface area (Å²) >= 11 is 0. The van der Waals surface area contributed by atoms with Gasteiger partial charge in [0.15, 0.2) is 0 Å². The molecule has 0 heterocycles. The first-order valence-electron chi connectivity index (χ1n) is 5.16. The Morgan fingerprint density at radius 2 is 2.21 bits per heavy atom. The van der Waals surface area contributed by atoms with Crippen LogP contribution in [0.25, 0.3) is 0 Å². The van der Waals surface area contributed by atoms with E-state index in [0.29, 0.717) is 18.1 Å². The van der Waals surface area contributed by atoms with Crippen molar-refractivity contribution >= 4 is 11.8 Å². The maximum atomic E-state index is 11.5.